The molecule has 1 atom stereocenters. The lowest BCUT2D eigenvalue weighted by molar-refractivity contribution is -0.0425. The SMILES string of the molecule is CCN1CCOC(CN(CCN)CC(C)C)C1. The van der Waals surface area contributed by atoms with Gasteiger partial charge < -0.3 is 10.5 Å². The Labute approximate surface area is 106 Å². The topological polar surface area (TPSA) is 41.7 Å². The highest BCUT2D eigenvalue weighted by molar-refractivity contribution is 4.75. The third kappa shape index (κ3) is 5.82. The lowest BCUT2D eigenvalue weighted by atomic mass is 10.2. The molecule has 0 amide bonds. The molecule has 0 saturated carbocycles. The summed E-state index contributed by atoms with van der Waals surface area (Å²) in [5.41, 5.74) is 5.67. The van der Waals surface area contributed by atoms with Crippen LogP contribution in [0.2, 0.25) is 0 Å². The van der Waals surface area contributed by atoms with Gasteiger partial charge in [-0.05, 0) is 12.5 Å². The highest BCUT2D eigenvalue weighted by atomic mass is 16.5. The van der Waals surface area contributed by atoms with E-state index in [1.807, 2.05) is 0 Å². The van der Waals surface area contributed by atoms with E-state index in [0.29, 0.717) is 12.0 Å². The first-order chi connectivity index (χ1) is 8.15. The van der Waals surface area contributed by atoms with E-state index in [-0.39, 0.29) is 0 Å². The summed E-state index contributed by atoms with van der Waals surface area (Å²) in [6.07, 6.45) is 0.356. The molecule has 0 bridgehead atoms. The maximum atomic E-state index is 5.84. The van der Waals surface area contributed by atoms with Crippen molar-refractivity contribution in [2.75, 3.05) is 52.4 Å². The Bertz CT molecular complexity index is 199. The zero-order valence-corrected chi connectivity index (χ0v) is 11.7. The van der Waals surface area contributed by atoms with Crippen molar-refractivity contribution in [3.8, 4) is 0 Å². The first kappa shape index (κ1) is 14.9. The normalized spacial score (nSPS) is 22.6. The predicted molar refractivity (Wildman–Crippen MR) is 72.2 cm³/mol. The summed E-state index contributed by atoms with van der Waals surface area (Å²) < 4.78 is 5.84. The van der Waals surface area contributed by atoms with E-state index in [2.05, 4.69) is 30.6 Å². The van der Waals surface area contributed by atoms with Crippen LogP contribution in [-0.4, -0.2) is 68.3 Å². The molecule has 0 aromatic heterocycles. The fraction of sp³-hybridized carbons (Fsp3) is 1.00. The van der Waals surface area contributed by atoms with Gasteiger partial charge in [-0.2, -0.15) is 0 Å². The van der Waals surface area contributed by atoms with Crippen LogP contribution >= 0.6 is 0 Å². The molecule has 1 unspecified atom stereocenters. The van der Waals surface area contributed by atoms with Gasteiger partial charge in [-0.3, -0.25) is 9.80 Å². The van der Waals surface area contributed by atoms with Crippen molar-refractivity contribution in [2.45, 2.75) is 26.9 Å². The molecule has 4 heteroatoms. The fourth-order valence-electron chi connectivity index (χ4n) is 2.42. The molecule has 102 valence electrons. The average molecular weight is 243 g/mol. The lowest BCUT2D eigenvalue weighted by Crippen LogP contribution is -2.48. The van der Waals surface area contributed by atoms with E-state index in [4.69, 9.17) is 10.5 Å². The van der Waals surface area contributed by atoms with Crippen molar-refractivity contribution in [1.82, 2.24) is 9.80 Å². The monoisotopic (exact) mass is 243 g/mol. The van der Waals surface area contributed by atoms with Crippen molar-refractivity contribution < 1.29 is 4.74 Å². The lowest BCUT2D eigenvalue weighted by Gasteiger charge is -2.35. The van der Waals surface area contributed by atoms with E-state index in [0.717, 1.165) is 52.4 Å². The maximum absolute atomic E-state index is 5.84. The number of nitrogens with two attached hydrogens (primary N) is 1. The summed E-state index contributed by atoms with van der Waals surface area (Å²) in [7, 11) is 0. The minimum Gasteiger partial charge on any atom is -0.374 e. The van der Waals surface area contributed by atoms with Crippen LogP contribution in [0.1, 0.15) is 20.8 Å². The van der Waals surface area contributed by atoms with Gasteiger partial charge in [0.15, 0.2) is 0 Å². The first-order valence-electron chi connectivity index (χ1n) is 6.92. The van der Waals surface area contributed by atoms with Gasteiger partial charge in [0.25, 0.3) is 0 Å². The molecule has 1 rings (SSSR count). The Morgan fingerprint density at radius 2 is 2.24 bits per heavy atom. The van der Waals surface area contributed by atoms with Gasteiger partial charge in [0.1, 0.15) is 0 Å². The standard InChI is InChI=1S/C13H29N3O/c1-4-15-7-8-17-13(10-15)11-16(6-5-14)9-12(2)3/h12-13H,4-11,14H2,1-3H3. The molecule has 1 aliphatic rings. The molecule has 2 N–H and O–H groups in total. The highest BCUT2D eigenvalue weighted by Gasteiger charge is 2.21. The van der Waals surface area contributed by atoms with Crippen LogP contribution in [0.3, 0.4) is 0 Å². The molecule has 0 radical (unpaired) electrons. The third-order valence-electron chi connectivity index (χ3n) is 3.20. The second-order valence-electron chi connectivity index (χ2n) is 5.33. The molecular weight excluding hydrogens is 214 g/mol. The maximum Gasteiger partial charge on any atom is 0.0829 e. The van der Waals surface area contributed by atoms with E-state index in [1.54, 1.807) is 0 Å². The number of nitrogens with zero attached hydrogens (tertiary/aromatic N) is 2. The van der Waals surface area contributed by atoms with Crippen LogP contribution in [-0.2, 0) is 4.74 Å². The molecule has 0 aromatic rings. The van der Waals surface area contributed by atoms with Crippen molar-refractivity contribution in [3.63, 3.8) is 0 Å². The smallest absolute Gasteiger partial charge is 0.0829 e. The largest absolute Gasteiger partial charge is 0.374 e. The molecule has 1 fully saturated rings. The molecule has 1 heterocycles. The Morgan fingerprint density at radius 3 is 2.82 bits per heavy atom. The third-order valence-corrected chi connectivity index (χ3v) is 3.20. The Balaban J connectivity index is 2.36. The molecule has 4 nitrogen and oxygen atoms in total. The van der Waals surface area contributed by atoms with E-state index < -0.39 is 0 Å². The van der Waals surface area contributed by atoms with Gasteiger partial charge in [0.05, 0.1) is 12.7 Å². The summed E-state index contributed by atoms with van der Waals surface area (Å²) in [4.78, 5) is 4.90. The zero-order chi connectivity index (χ0) is 12.7. The van der Waals surface area contributed by atoms with E-state index in [1.165, 1.54) is 0 Å². The predicted octanol–water partition coefficient (Wildman–Crippen LogP) is 0.624. The molecular formula is C13H29N3O. The van der Waals surface area contributed by atoms with Crippen LogP contribution in [0, 0.1) is 5.92 Å². The summed E-state index contributed by atoms with van der Waals surface area (Å²) >= 11 is 0. The quantitative estimate of drug-likeness (QED) is 0.712. The van der Waals surface area contributed by atoms with E-state index in [9.17, 15) is 0 Å². The van der Waals surface area contributed by atoms with Crippen molar-refractivity contribution in [3.05, 3.63) is 0 Å². The fourth-order valence-corrected chi connectivity index (χ4v) is 2.42. The minimum absolute atomic E-state index is 0.356. The van der Waals surface area contributed by atoms with E-state index >= 15 is 0 Å². The highest BCUT2D eigenvalue weighted by Crippen LogP contribution is 2.08. The number of likely N-dealkylation sites (N-methyl/N-ethyl adjacent to an activating group) is 1. The van der Waals surface area contributed by atoms with Gasteiger partial charge in [-0.1, -0.05) is 20.8 Å². The Kier molecular flexibility index (Phi) is 7.04. The van der Waals surface area contributed by atoms with Gasteiger partial charge in [0, 0.05) is 39.3 Å². The van der Waals surface area contributed by atoms with Gasteiger partial charge in [0.2, 0.25) is 0 Å². The van der Waals surface area contributed by atoms with Gasteiger partial charge in [-0.25, -0.2) is 0 Å². The second kappa shape index (κ2) is 8.03. The summed E-state index contributed by atoms with van der Waals surface area (Å²) in [5.74, 6) is 0.687. The second-order valence-corrected chi connectivity index (χ2v) is 5.33. The summed E-state index contributed by atoms with van der Waals surface area (Å²) in [6.45, 7) is 14.7. The van der Waals surface area contributed by atoms with Crippen LogP contribution in [0.15, 0.2) is 0 Å². The van der Waals surface area contributed by atoms with Gasteiger partial charge >= 0.3 is 0 Å². The van der Waals surface area contributed by atoms with Crippen molar-refractivity contribution in [2.24, 2.45) is 11.7 Å². The molecule has 1 aliphatic heterocycles. The molecule has 0 spiro atoms. The van der Waals surface area contributed by atoms with Crippen molar-refractivity contribution in [1.29, 1.82) is 0 Å². The van der Waals surface area contributed by atoms with Crippen molar-refractivity contribution >= 4 is 0 Å². The molecule has 0 aromatic carbocycles. The average Bonchev–Trinajstić information content (AvgIpc) is 2.29. The Morgan fingerprint density at radius 1 is 1.47 bits per heavy atom. The number of ether oxygens (including phenoxy) is 1. The number of hydrogen-bond acceptors (Lipinski definition) is 4. The minimum atomic E-state index is 0.356. The van der Waals surface area contributed by atoms with Crippen LogP contribution in [0.5, 0.6) is 0 Å². The molecule has 0 aliphatic carbocycles. The molecule has 17 heavy (non-hydrogen) atoms. The Hall–Kier alpha value is -0.160. The molecule has 1 saturated heterocycles. The first-order valence-corrected chi connectivity index (χ1v) is 6.92. The number of rotatable bonds is 7. The summed E-state index contributed by atoms with van der Waals surface area (Å²) in [6, 6.07) is 0. The van der Waals surface area contributed by atoms with Crippen LogP contribution < -0.4 is 5.73 Å². The summed E-state index contributed by atoms with van der Waals surface area (Å²) in [5, 5.41) is 0. The zero-order valence-electron chi connectivity index (χ0n) is 11.7. The number of morpholine rings is 1. The van der Waals surface area contributed by atoms with Crippen LogP contribution in [0.4, 0.5) is 0 Å². The number of hydrogen-bond donors (Lipinski definition) is 1. The van der Waals surface area contributed by atoms with Gasteiger partial charge in [-0.15, -0.1) is 0 Å². The van der Waals surface area contributed by atoms with Crippen LogP contribution in [0.25, 0.3) is 0 Å².